The Morgan fingerprint density at radius 2 is 1.83 bits per heavy atom. The molecule has 1 aromatic carbocycles. The standard InChI is InChI=1S/C20H23N3O6S/c1-20(19(25)21-26,30(3,27)28)11-16-10-17(22-29-16)14-6-4-13(5-7-14)15-8-9-18(24)23(2)12-15/h4-9,12,16,26H,10-11H2,1-3H3,(H,21,25)/t16-,20-/m1/s1. The van der Waals surface area contributed by atoms with E-state index in [0.717, 1.165) is 22.9 Å². The van der Waals surface area contributed by atoms with Gasteiger partial charge in [0.2, 0.25) is 5.56 Å². The van der Waals surface area contributed by atoms with Crippen molar-refractivity contribution in [2.45, 2.75) is 30.6 Å². The second-order valence-corrected chi connectivity index (χ2v) is 10.0. The molecule has 3 rings (SSSR count). The van der Waals surface area contributed by atoms with Gasteiger partial charge >= 0.3 is 0 Å². The molecule has 2 aromatic rings. The van der Waals surface area contributed by atoms with Crippen LogP contribution in [0.15, 0.2) is 52.5 Å². The number of benzene rings is 1. The molecule has 0 aliphatic carbocycles. The monoisotopic (exact) mass is 433 g/mol. The maximum atomic E-state index is 12.1. The fourth-order valence-corrected chi connectivity index (χ4v) is 4.16. The van der Waals surface area contributed by atoms with Gasteiger partial charge in [0, 0.05) is 38.4 Å². The topological polar surface area (TPSA) is 127 Å². The number of rotatable bonds is 6. The second-order valence-electron chi connectivity index (χ2n) is 7.56. The molecule has 0 saturated heterocycles. The number of hydrogen-bond acceptors (Lipinski definition) is 7. The first-order valence-corrected chi connectivity index (χ1v) is 11.1. The summed E-state index contributed by atoms with van der Waals surface area (Å²) in [6, 6.07) is 10.8. The lowest BCUT2D eigenvalue weighted by atomic mass is 9.96. The van der Waals surface area contributed by atoms with Crippen LogP contribution in [0.2, 0.25) is 0 Å². The lowest BCUT2D eigenvalue weighted by Crippen LogP contribution is -2.51. The van der Waals surface area contributed by atoms with E-state index in [1.54, 1.807) is 19.3 Å². The Morgan fingerprint density at radius 3 is 2.40 bits per heavy atom. The molecular formula is C20H23N3O6S. The number of oxime groups is 1. The predicted molar refractivity (Wildman–Crippen MR) is 111 cm³/mol. The van der Waals surface area contributed by atoms with Crippen molar-refractivity contribution in [3.05, 3.63) is 58.5 Å². The number of hydroxylamine groups is 1. The zero-order chi connectivity index (χ0) is 22.1. The molecule has 30 heavy (non-hydrogen) atoms. The fraction of sp³-hybridized carbons (Fsp3) is 0.350. The number of nitrogens with one attached hydrogen (secondary N) is 1. The van der Waals surface area contributed by atoms with Crippen LogP contribution in [-0.2, 0) is 26.5 Å². The highest BCUT2D eigenvalue weighted by Crippen LogP contribution is 2.30. The molecule has 160 valence electrons. The zero-order valence-corrected chi connectivity index (χ0v) is 17.6. The number of pyridine rings is 1. The van der Waals surface area contributed by atoms with Gasteiger partial charge in [0.15, 0.2) is 14.6 Å². The van der Waals surface area contributed by atoms with Crippen LogP contribution in [0.25, 0.3) is 11.1 Å². The summed E-state index contributed by atoms with van der Waals surface area (Å²) in [6.45, 7) is 1.25. The van der Waals surface area contributed by atoms with E-state index < -0.39 is 26.6 Å². The minimum absolute atomic E-state index is 0.0881. The number of hydrogen-bond donors (Lipinski definition) is 2. The Balaban J connectivity index is 1.74. The smallest absolute Gasteiger partial charge is 0.264 e. The number of aromatic nitrogens is 1. The summed E-state index contributed by atoms with van der Waals surface area (Å²) in [6.07, 6.45) is 2.24. The number of carbonyl (C=O) groups excluding carboxylic acids is 1. The number of sulfone groups is 1. The van der Waals surface area contributed by atoms with Crippen LogP contribution < -0.4 is 11.0 Å². The van der Waals surface area contributed by atoms with Gasteiger partial charge in [0.1, 0.15) is 6.10 Å². The minimum Gasteiger partial charge on any atom is -0.392 e. The van der Waals surface area contributed by atoms with E-state index in [1.165, 1.54) is 23.0 Å². The van der Waals surface area contributed by atoms with E-state index in [1.807, 2.05) is 24.3 Å². The highest BCUT2D eigenvalue weighted by Gasteiger charge is 2.47. The van der Waals surface area contributed by atoms with Crippen molar-refractivity contribution in [3.8, 4) is 11.1 Å². The van der Waals surface area contributed by atoms with E-state index in [4.69, 9.17) is 10.0 Å². The molecule has 1 aromatic heterocycles. The summed E-state index contributed by atoms with van der Waals surface area (Å²) in [4.78, 5) is 28.9. The Kier molecular flexibility index (Phi) is 5.82. The van der Waals surface area contributed by atoms with Crippen LogP contribution >= 0.6 is 0 Å². The molecule has 2 N–H and O–H groups in total. The average molecular weight is 433 g/mol. The third-order valence-corrected chi connectivity index (χ3v) is 7.38. The summed E-state index contributed by atoms with van der Waals surface area (Å²) in [7, 11) is -2.13. The maximum absolute atomic E-state index is 12.1. The summed E-state index contributed by atoms with van der Waals surface area (Å²) in [5.41, 5.74) is 4.59. The molecule has 2 atom stereocenters. The van der Waals surface area contributed by atoms with Crippen molar-refractivity contribution in [3.63, 3.8) is 0 Å². The van der Waals surface area contributed by atoms with Gasteiger partial charge in [0.25, 0.3) is 5.91 Å². The SMILES string of the molecule is Cn1cc(-c2ccc(C3=NO[C@@H](C[C@](C)(C(=O)NO)S(C)(=O)=O)C3)cc2)ccc1=O. The molecule has 1 aliphatic heterocycles. The van der Waals surface area contributed by atoms with Gasteiger partial charge in [-0.05, 0) is 29.7 Å². The van der Waals surface area contributed by atoms with Gasteiger partial charge in [-0.25, -0.2) is 13.9 Å². The van der Waals surface area contributed by atoms with Crippen LogP contribution in [0.1, 0.15) is 25.3 Å². The molecule has 0 radical (unpaired) electrons. The van der Waals surface area contributed by atoms with Gasteiger partial charge in [-0.1, -0.05) is 29.4 Å². The normalized spacial score (nSPS) is 18.3. The molecule has 1 aliphatic rings. The molecule has 10 heteroatoms. The number of nitrogens with zero attached hydrogens (tertiary/aromatic N) is 2. The van der Waals surface area contributed by atoms with Crippen LogP contribution in [0.3, 0.4) is 0 Å². The first-order chi connectivity index (χ1) is 14.0. The van der Waals surface area contributed by atoms with E-state index in [-0.39, 0.29) is 12.0 Å². The first kappa shape index (κ1) is 21.7. The third kappa shape index (κ3) is 4.14. The zero-order valence-electron chi connectivity index (χ0n) is 16.8. The van der Waals surface area contributed by atoms with Gasteiger partial charge in [-0.15, -0.1) is 0 Å². The first-order valence-electron chi connectivity index (χ1n) is 9.19. The lowest BCUT2D eigenvalue weighted by Gasteiger charge is -2.26. The number of amides is 1. The van der Waals surface area contributed by atoms with Gasteiger partial charge in [0.05, 0.1) is 5.71 Å². The van der Waals surface area contributed by atoms with Crippen LogP contribution in [0.4, 0.5) is 0 Å². The number of aryl methyl sites for hydroxylation is 1. The quantitative estimate of drug-likeness (QED) is 0.521. The average Bonchev–Trinajstić information content (AvgIpc) is 3.17. The van der Waals surface area contributed by atoms with E-state index in [0.29, 0.717) is 12.1 Å². The van der Waals surface area contributed by atoms with Gasteiger partial charge in [-0.2, -0.15) is 0 Å². The molecule has 0 bridgehead atoms. The third-order valence-electron chi connectivity index (χ3n) is 5.39. The van der Waals surface area contributed by atoms with Crippen molar-refractivity contribution in [1.29, 1.82) is 0 Å². The van der Waals surface area contributed by atoms with Crippen molar-refractivity contribution >= 4 is 21.5 Å². The highest BCUT2D eigenvalue weighted by atomic mass is 32.2. The maximum Gasteiger partial charge on any atom is 0.264 e. The Hall–Kier alpha value is -2.98. The lowest BCUT2D eigenvalue weighted by molar-refractivity contribution is -0.132. The molecule has 0 saturated carbocycles. The Bertz CT molecular complexity index is 1150. The molecule has 0 spiro atoms. The fourth-order valence-electron chi connectivity index (χ4n) is 3.29. The minimum atomic E-state index is -3.82. The van der Waals surface area contributed by atoms with Crippen molar-refractivity contribution < 1.29 is 23.3 Å². The van der Waals surface area contributed by atoms with E-state index >= 15 is 0 Å². The van der Waals surface area contributed by atoms with E-state index in [2.05, 4.69) is 5.16 Å². The predicted octanol–water partition coefficient (Wildman–Crippen LogP) is 1.24. The molecule has 2 heterocycles. The second kappa shape index (κ2) is 8.04. The summed E-state index contributed by atoms with van der Waals surface area (Å²) >= 11 is 0. The van der Waals surface area contributed by atoms with Crippen molar-refractivity contribution in [2.75, 3.05) is 6.26 Å². The summed E-state index contributed by atoms with van der Waals surface area (Å²) in [5, 5.41) is 13.0. The molecule has 1 amide bonds. The summed E-state index contributed by atoms with van der Waals surface area (Å²) in [5.74, 6) is -1.01. The summed E-state index contributed by atoms with van der Waals surface area (Å²) < 4.78 is 23.9. The Morgan fingerprint density at radius 1 is 1.23 bits per heavy atom. The van der Waals surface area contributed by atoms with Crippen molar-refractivity contribution in [2.24, 2.45) is 12.2 Å². The molecule has 9 nitrogen and oxygen atoms in total. The van der Waals surface area contributed by atoms with Crippen LogP contribution in [-0.4, -0.2) is 46.9 Å². The largest absolute Gasteiger partial charge is 0.392 e. The highest BCUT2D eigenvalue weighted by molar-refractivity contribution is 7.92. The van der Waals surface area contributed by atoms with Crippen LogP contribution in [0, 0.1) is 0 Å². The van der Waals surface area contributed by atoms with E-state index in [9.17, 15) is 18.0 Å². The molecule has 0 unspecified atom stereocenters. The number of carbonyl (C=O) groups is 1. The Labute approximate surface area is 173 Å². The van der Waals surface area contributed by atoms with Crippen molar-refractivity contribution in [1.82, 2.24) is 10.0 Å². The van der Waals surface area contributed by atoms with Crippen LogP contribution in [0.5, 0.6) is 0 Å². The molecule has 0 fully saturated rings. The van der Waals surface area contributed by atoms with Gasteiger partial charge < -0.3 is 9.40 Å². The van der Waals surface area contributed by atoms with Gasteiger partial charge in [-0.3, -0.25) is 14.8 Å². The molecular weight excluding hydrogens is 410 g/mol.